The number of unbranched alkanes of at least 4 members (excludes halogenated alkanes) is 3. The zero-order valence-electron chi connectivity index (χ0n) is 35.5. The molecule has 2 aromatic carbocycles. The quantitative estimate of drug-likeness (QED) is 0.0755. The van der Waals surface area contributed by atoms with E-state index in [1.165, 1.54) is 0 Å². The van der Waals surface area contributed by atoms with Crippen LogP contribution in [0.5, 0.6) is 11.5 Å². The smallest absolute Gasteiger partial charge is 0.227 e. The van der Waals surface area contributed by atoms with E-state index in [1.54, 1.807) is 0 Å². The molecule has 0 aliphatic carbocycles. The summed E-state index contributed by atoms with van der Waals surface area (Å²) in [6.45, 7) is 19.9. The summed E-state index contributed by atoms with van der Waals surface area (Å²) in [7, 11) is 0. The predicted octanol–water partition coefficient (Wildman–Crippen LogP) is 8.18. The Labute approximate surface area is 342 Å². The molecule has 0 fully saturated rings. The van der Waals surface area contributed by atoms with Crippen LogP contribution in [0.4, 0.5) is 0 Å². The molecule has 0 bridgehead atoms. The van der Waals surface area contributed by atoms with Crippen LogP contribution in [-0.4, -0.2) is 90.2 Å². The molecule has 0 N–H and O–H groups in total. The molecule has 4 heterocycles. The molecule has 0 spiro atoms. The van der Waals surface area contributed by atoms with Crippen LogP contribution in [0.3, 0.4) is 0 Å². The number of ether oxygens (including phenoxy) is 2. The lowest BCUT2D eigenvalue weighted by Crippen LogP contribution is -2.31. The van der Waals surface area contributed by atoms with Crippen molar-refractivity contribution in [3.63, 3.8) is 0 Å². The van der Waals surface area contributed by atoms with Crippen LogP contribution in [-0.2, 0) is 22.4 Å². The van der Waals surface area contributed by atoms with Crippen molar-refractivity contribution in [2.24, 2.45) is 0 Å². The number of carbonyl (C=O) groups excluding carboxylic acids is 2. The summed E-state index contributed by atoms with van der Waals surface area (Å²) >= 11 is 0. The first kappa shape index (κ1) is 41.8. The summed E-state index contributed by atoms with van der Waals surface area (Å²) in [5.74, 6) is 1.75. The van der Waals surface area contributed by atoms with Crippen molar-refractivity contribution in [3.8, 4) is 34.0 Å². The summed E-state index contributed by atoms with van der Waals surface area (Å²) in [6, 6.07) is 19.9. The van der Waals surface area contributed by atoms with Gasteiger partial charge in [0.05, 0.1) is 37.4 Å². The van der Waals surface area contributed by atoms with Gasteiger partial charge >= 0.3 is 0 Å². The van der Waals surface area contributed by atoms with E-state index in [2.05, 4.69) is 0 Å². The van der Waals surface area contributed by atoms with Crippen molar-refractivity contribution in [3.05, 3.63) is 94.6 Å². The fourth-order valence-corrected chi connectivity index (χ4v) is 7.55. The van der Waals surface area contributed by atoms with Crippen molar-refractivity contribution in [2.45, 2.75) is 93.9 Å². The van der Waals surface area contributed by atoms with E-state index in [0.717, 1.165) is 105 Å². The van der Waals surface area contributed by atoms with Gasteiger partial charge < -0.3 is 19.3 Å². The maximum atomic E-state index is 13.2. The number of aryl methyl sites for hydroxylation is 4. The van der Waals surface area contributed by atoms with E-state index in [4.69, 9.17) is 29.6 Å². The summed E-state index contributed by atoms with van der Waals surface area (Å²) in [6.07, 6.45) is 4.44. The standard InChI is InChI=1S/C46H58N8O4/c1-9-51(10-2)41(55)29-39-43(49-53-33(7)27-31(5)47-45(39)53)35-17-21-37(22-18-35)57-25-15-13-14-16-26-58-38-23-19-36(20-24-38)44-40(30-42(56)52(11-3)12-4)46-48-32(6)28-34(8)54(46)50-44/h17-24,27-28H,9-16,25-26,29-30H2,1-8H3. The Kier molecular flexibility index (Phi) is 13.8. The topological polar surface area (TPSA) is 119 Å². The molecule has 2 amide bonds. The molecule has 6 rings (SSSR count). The van der Waals surface area contributed by atoms with E-state index in [9.17, 15) is 9.59 Å². The number of rotatable bonds is 19. The number of amides is 2. The van der Waals surface area contributed by atoms with Gasteiger partial charge in [0.15, 0.2) is 11.3 Å². The molecular weight excluding hydrogens is 729 g/mol. The van der Waals surface area contributed by atoms with E-state index >= 15 is 0 Å². The normalized spacial score (nSPS) is 11.4. The third-order valence-corrected chi connectivity index (χ3v) is 10.7. The molecule has 6 aromatic rings. The van der Waals surface area contributed by atoms with Crippen molar-refractivity contribution >= 4 is 23.1 Å². The highest BCUT2D eigenvalue weighted by atomic mass is 16.5. The highest BCUT2D eigenvalue weighted by Crippen LogP contribution is 2.31. The fourth-order valence-electron chi connectivity index (χ4n) is 7.55. The van der Waals surface area contributed by atoms with Gasteiger partial charge in [-0.2, -0.15) is 10.2 Å². The van der Waals surface area contributed by atoms with E-state index in [1.807, 2.05) is 135 Å². The number of likely N-dealkylation sites (N-methyl/N-ethyl adjacent to an activating group) is 2. The molecule has 0 atom stereocenters. The molecule has 0 unspecified atom stereocenters. The van der Waals surface area contributed by atoms with Gasteiger partial charge in [0.2, 0.25) is 11.8 Å². The summed E-state index contributed by atoms with van der Waals surface area (Å²) < 4.78 is 15.9. The number of benzene rings is 2. The number of hydrogen-bond acceptors (Lipinski definition) is 8. The Balaban J connectivity index is 0.986. The summed E-state index contributed by atoms with van der Waals surface area (Å²) in [5, 5.41) is 9.83. The van der Waals surface area contributed by atoms with Crippen LogP contribution >= 0.6 is 0 Å². The SMILES string of the molecule is CCN(CC)C(=O)Cc1c(-c2ccc(OCCCCCCOc3ccc(-c4nn5c(C)cc(C)nc5c4CC(=O)N(CC)CC)cc3)cc2)nn2c(C)cc(C)nc12. The Morgan fingerprint density at radius 3 is 1.26 bits per heavy atom. The lowest BCUT2D eigenvalue weighted by atomic mass is 10.0. The maximum absolute atomic E-state index is 13.2. The minimum Gasteiger partial charge on any atom is -0.494 e. The first-order valence-corrected chi connectivity index (χ1v) is 20.8. The lowest BCUT2D eigenvalue weighted by Gasteiger charge is -2.18. The van der Waals surface area contributed by atoms with Gasteiger partial charge in [-0.25, -0.2) is 19.0 Å². The lowest BCUT2D eigenvalue weighted by molar-refractivity contribution is -0.130. The average Bonchev–Trinajstić information content (AvgIpc) is 3.75. The number of hydrogen-bond donors (Lipinski definition) is 0. The zero-order chi connectivity index (χ0) is 41.3. The monoisotopic (exact) mass is 786 g/mol. The Bertz CT molecular complexity index is 2170. The van der Waals surface area contributed by atoms with Crippen LogP contribution < -0.4 is 9.47 Å². The molecule has 12 nitrogen and oxygen atoms in total. The highest BCUT2D eigenvalue weighted by molar-refractivity contribution is 5.86. The van der Waals surface area contributed by atoms with Gasteiger partial charge in [0, 0.05) is 71.2 Å². The van der Waals surface area contributed by atoms with Crippen molar-refractivity contribution in [1.82, 2.24) is 39.0 Å². The predicted molar refractivity (Wildman–Crippen MR) is 229 cm³/mol. The van der Waals surface area contributed by atoms with Crippen LogP contribution in [0.15, 0.2) is 60.7 Å². The molecule has 58 heavy (non-hydrogen) atoms. The Hall–Kier alpha value is -5.78. The molecular formula is C46H58N8O4. The second-order valence-corrected chi connectivity index (χ2v) is 14.8. The number of fused-ring (bicyclic) bond motifs is 2. The average molecular weight is 787 g/mol. The molecule has 0 saturated carbocycles. The molecule has 0 aliphatic heterocycles. The molecule has 0 radical (unpaired) electrons. The van der Waals surface area contributed by atoms with Gasteiger partial charge in [0.25, 0.3) is 0 Å². The van der Waals surface area contributed by atoms with Crippen molar-refractivity contribution in [2.75, 3.05) is 39.4 Å². The van der Waals surface area contributed by atoms with Crippen molar-refractivity contribution in [1.29, 1.82) is 0 Å². The number of nitrogens with zero attached hydrogens (tertiary/aromatic N) is 8. The van der Waals surface area contributed by atoms with E-state index in [-0.39, 0.29) is 24.7 Å². The van der Waals surface area contributed by atoms with E-state index < -0.39 is 0 Å². The molecule has 0 aliphatic rings. The molecule has 12 heteroatoms. The van der Waals surface area contributed by atoms with Gasteiger partial charge in [-0.15, -0.1) is 0 Å². The molecule has 0 saturated heterocycles. The Morgan fingerprint density at radius 1 is 0.552 bits per heavy atom. The molecule has 4 aromatic heterocycles. The van der Waals surface area contributed by atoms with Gasteiger partial charge in [-0.3, -0.25) is 9.59 Å². The number of carbonyl (C=O) groups is 2. The third-order valence-electron chi connectivity index (χ3n) is 10.7. The first-order chi connectivity index (χ1) is 28.0. The van der Waals surface area contributed by atoms with Crippen LogP contribution in [0.2, 0.25) is 0 Å². The zero-order valence-corrected chi connectivity index (χ0v) is 35.5. The second-order valence-electron chi connectivity index (χ2n) is 14.8. The second kappa shape index (κ2) is 19.1. The summed E-state index contributed by atoms with van der Waals surface area (Å²) in [5.41, 5.74) is 10.3. The number of aromatic nitrogens is 6. The van der Waals surface area contributed by atoms with Gasteiger partial charge in [-0.05, 0) is 142 Å². The summed E-state index contributed by atoms with van der Waals surface area (Å²) in [4.78, 5) is 39.6. The maximum Gasteiger partial charge on any atom is 0.227 e. The minimum absolute atomic E-state index is 0.0712. The minimum atomic E-state index is 0.0712. The fraction of sp³-hybridized carbons (Fsp3) is 0.435. The van der Waals surface area contributed by atoms with Crippen LogP contribution in [0.25, 0.3) is 33.8 Å². The Morgan fingerprint density at radius 2 is 0.914 bits per heavy atom. The largest absolute Gasteiger partial charge is 0.494 e. The van der Waals surface area contributed by atoms with Crippen LogP contribution in [0.1, 0.15) is 87.3 Å². The molecule has 306 valence electrons. The van der Waals surface area contributed by atoms with Gasteiger partial charge in [0.1, 0.15) is 11.5 Å². The van der Waals surface area contributed by atoms with Gasteiger partial charge in [-0.1, -0.05) is 0 Å². The van der Waals surface area contributed by atoms with Crippen LogP contribution in [0, 0.1) is 27.7 Å². The highest BCUT2D eigenvalue weighted by Gasteiger charge is 2.24. The first-order valence-electron chi connectivity index (χ1n) is 20.8. The van der Waals surface area contributed by atoms with Crippen molar-refractivity contribution < 1.29 is 19.1 Å². The van der Waals surface area contributed by atoms with E-state index in [0.29, 0.717) is 39.4 Å². The third kappa shape index (κ3) is 9.49.